The quantitative estimate of drug-likeness (QED) is 0.382. The van der Waals surface area contributed by atoms with Crippen LogP contribution in [0.4, 0.5) is 0 Å². The van der Waals surface area contributed by atoms with Crippen LogP contribution in [0.3, 0.4) is 0 Å². The van der Waals surface area contributed by atoms with E-state index in [9.17, 15) is 9.59 Å². The predicted molar refractivity (Wildman–Crippen MR) is 137 cm³/mol. The van der Waals surface area contributed by atoms with Crippen LogP contribution in [-0.4, -0.2) is 25.1 Å². The van der Waals surface area contributed by atoms with E-state index in [2.05, 4.69) is 22.3 Å². The van der Waals surface area contributed by atoms with Crippen molar-refractivity contribution >= 4 is 34.2 Å². The lowest BCUT2D eigenvalue weighted by Gasteiger charge is -2.12. The molecule has 0 unspecified atom stereocenters. The molecule has 5 rings (SSSR count). The van der Waals surface area contributed by atoms with E-state index in [0.29, 0.717) is 29.1 Å². The predicted octanol–water partition coefficient (Wildman–Crippen LogP) is 4.55. The zero-order valence-corrected chi connectivity index (χ0v) is 20.2. The van der Waals surface area contributed by atoms with E-state index < -0.39 is 5.91 Å². The van der Waals surface area contributed by atoms with Crippen molar-refractivity contribution in [3.8, 4) is 0 Å². The van der Waals surface area contributed by atoms with Crippen LogP contribution in [0.25, 0.3) is 16.7 Å². The van der Waals surface area contributed by atoms with Crippen molar-refractivity contribution in [2.45, 2.75) is 33.4 Å². The van der Waals surface area contributed by atoms with Gasteiger partial charge in [0.25, 0.3) is 11.5 Å². The number of nitrogens with one attached hydrogen (secondary N) is 1. The topological polar surface area (TPSA) is 81.3 Å². The summed E-state index contributed by atoms with van der Waals surface area (Å²) < 4.78 is 3.10. The third-order valence-electron chi connectivity index (χ3n) is 6.01. The normalized spacial score (nSPS) is 11.3. The van der Waals surface area contributed by atoms with Crippen molar-refractivity contribution in [3.63, 3.8) is 0 Å². The molecule has 0 bridgehead atoms. The van der Waals surface area contributed by atoms with Gasteiger partial charge in [-0.2, -0.15) is 4.98 Å². The Balaban J connectivity index is 1.53. The highest BCUT2D eigenvalue weighted by molar-refractivity contribution is 6.30. The summed E-state index contributed by atoms with van der Waals surface area (Å²) in [6, 6.07) is 21.2. The molecule has 2 aromatic heterocycles. The van der Waals surface area contributed by atoms with Crippen molar-refractivity contribution in [1.29, 1.82) is 0 Å². The Morgan fingerprint density at radius 1 is 0.971 bits per heavy atom. The smallest absolute Gasteiger partial charge is 0.296 e. The number of aryl methyl sites for hydroxylation is 2. The van der Waals surface area contributed by atoms with Crippen LogP contribution in [0, 0.1) is 6.92 Å². The number of hydrogen-bond acceptors (Lipinski definition) is 4. The summed E-state index contributed by atoms with van der Waals surface area (Å²) in [7, 11) is 0. The van der Waals surface area contributed by atoms with Gasteiger partial charge < -0.3 is 5.32 Å². The minimum atomic E-state index is -0.436. The molecule has 0 aliphatic carbocycles. The molecule has 1 N–H and O–H groups in total. The second kappa shape index (κ2) is 9.35. The molecule has 176 valence electrons. The largest absolute Gasteiger partial charge is 0.345 e. The summed E-state index contributed by atoms with van der Waals surface area (Å²) in [6.07, 6.45) is 0.958. The van der Waals surface area contributed by atoms with Crippen molar-refractivity contribution in [2.24, 2.45) is 0 Å². The molecule has 0 radical (unpaired) electrons. The molecule has 8 heteroatoms. The number of fused-ring (bicyclic) bond motifs is 3. The van der Waals surface area contributed by atoms with Gasteiger partial charge in [0, 0.05) is 11.6 Å². The van der Waals surface area contributed by atoms with Crippen LogP contribution < -0.4 is 10.9 Å². The average molecular weight is 486 g/mol. The van der Waals surface area contributed by atoms with Gasteiger partial charge in [0.05, 0.1) is 17.6 Å². The molecule has 0 aliphatic heterocycles. The summed E-state index contributed by atoms with van der Waals surface area (Å²) >= 11 is 6.16. The number of carbonyl (C=O) groups excluding carboxylic acids is 1. The number of amides is 1. The number of aromatic nitrogens is 4. The average Bonchev–Trinajstić information content (AvgIpc) is 3.31. The Hall–Kier alpha value is -3.97. The zero-order chi connectivity index (χ0) is 24.5. The molecule has 0 fully saturated rings. The molecule has 5 aromatic rings. The van der Waals surface area contributed by atoms with Crippen molar-refractivity contribution in [1.82, 2.24) is 24.5 Å². The Labute approximate surface area is 207 Å². The number of hydrogen-bond donors (Lipinski definition) is 1. The summed E-state index contributed by atoms with van der Waals surface area (Å²) in [6.45, 7) is 4.72. The monoisotopic (exact) mass is 485 g/mol. The molecule has 1 amide bonds. The number of nitrogens with zero attached hydrogens (tertiary/aromatic N) is 4. The highest BCUT2D eigenvalue weighted by Gasteiger charge is 2.19. The highest BCUT2D eigenvalue weighted by atomic mass is 35.5. The molecule has 0 atom stereocenters. The number of benzene rings is 3. The first kappa shape index (κ1) is 22.8. The van der Waals surface area contributed by atoms with E-state index in [1.54, 1.807) is 10.6 Å². The molecule has 0 aliphatic rings. The minimum Gasteiger partial charge on any atom is -0.345 e. The number of carbonyl (C=O) groups is 1. The van der Waals surface area contributed by atoms with E-state index in [1.165, 1.54) is 10.1 Å². The van der Waals surface area contributed by atoms with Gasteiger partial charge >= 0.3 is 0 Å². The van der Waals surface area contributed by atoms with Gasteiger partial charge in [0.15, 0.2) is 0 Å². The van der Waals surface area contributed by atoms with E-state index in [0.717, 1.165) is 23.1 Å². The molecular weight excluding hydrogens is 462 g/mol. The first-order chi connectivity index (χ1) is 16.9. The van der Waals surface area contributed by atoms with Crippen LogP contribution in [0.15, 0.2) is 71.5 Å². The molecule has 0 saturated heterocycles. The van der Waals surface area contributed by atoms with E-state index in [4.69, 9.17) is 11.6 Å². The Bertz CT molecular complexity index is 1620. The molecule has 7 nitrogen and oxygen atoms in total. The van der Waals surface area contributed by atoms with Crippen LogP contribution >= 0.6 is 11.6 Å². The fraction of sp³-hybridized carbons (Fsp3) is 0.185. The Morgan fingerprint density at radius 3 is 2.49 bits per heavy atom. The van der Waals surface area contributed by atoms with E-state index in [-0.39, 0.29) is 17.0 Å². The third kappa shape index (κ3) is 4.55. The van der Waals surface area contributed by atoms with Gasteiger partial charge in [0.1, 0.15) is 0 Å². The van der Waals surface area contributed by atoms with Crippen LogP contribution in [0.5, 0.6) is 0 Å². The van der Waals surface area contributed by atoms with Gasteiger partial charge in [-0.3, -0.25) is 14.2 Å². The second-order valence-corrected chi connectivity index (χ2v) is 8.97. The molecule has 0 spiro atoms. The summed E-state index contributed by atoms with van der Waals surface area (Å²) in [5.41, 5.74) is 5.26. The first-order valence-electron chi connectivity index (χ1n) is 11.4. The van der Waals surface area contributed by atoms with Gasteiger partial charge in [-0.15, -0.1) is 5.10 Å². The van der Waals surface area contributed by atoms with Gasteiger partial charge in [0.2, 0.25) is 11.5 Å². The molecule has 35 heavy (non-hydrogen) atoms. The van der Waals surface area contributed by atoms with Gasteiger partial charge in [-0.05, 0) is 59.9 Å². The molecule has 0 saturated carbocycles. The highest BCUT2D eigenvalue weighted by Crippen LogP contribution is 2.18. The summed E-state index contributed by atoms with van der Waals surface area (Å²) in [4.78, 5) is 30.7. The van der Waals surface area contributed by atoms with Crippen LogP contribution in [-0.2, 0) is 19.5 Å². The maximum atomic E-state index is 13.5. The standard InChI is InChI=1S/C27H24ClN5O2/c1-3-18-8-10-19(11-9-18)15-29-26(34)24-30-25-27(35)32(16-20-5-4-6-21(28)14-20)23-13-17(2)7-12-22(23)33(25)31-24/h4-14H,3,15-16H2,1-2H3,(H,29,34). The summed E-state index contributed by atoms with van der Waals surface area (Å²) in [5, 5.41) is 7.84. The maximum absolute atomic E-state index is 13.5. The van der Waals surface area contributed by atoms with Crippen LogP contribution in [0.2, 0.25) is 5.02 Å². The van der Waals surface area contributed by atoms with Crippen molar-refractivity contribution in [2.75, 3.05) is 0 Å². The third-order valence-corrected chi connectivity index (χ3v) is 6.25. The van der Waals surface area contributed by atoms with Gasteiger partial charge in [-0.25, -0.2) is 4.52 Å². The fourth-order valence-corrected chi connectivity index (χ4v) is 4.32. The van der Waals surface area contributed by atoms with E-state index in [1.807, 2.05) is 67.6 Å². The lowest BCUT2D eigenvalue weighted by molar-refractivity contribution is 0.0941. The van der Waals surface area contributed by atoms with Gasteiger partial charge in [-0.1, -0.05) is 61.0 Å². The van der Waals surface area contributed by atoms with Crippen molar-refractivity contribution < 1.29 is 4.79 Å². The molecular formula is C27H24ClN5O2. The zero-order valence-electron chi connectivity index (χ0n) is 19.5. The minimum absolute atomic E-state index is 0.0466. The second-order valence-electron chi connectivity index (χ2n) is 8.54. The lowest BCUT2D eigenvalue weighted by atomic mass is 10.1. The van der Waals surface area contributed by atoms with Crippen LogP contribution in [0.1, 0.15) is 39.8 Å². The first-order valence-corrected chi connectivity index (χ1v) is 11.8. The summed E-state index contributed by atoms with van der Waals surface area (Å²) in [5.74, 6) is -0.482. The van der Waals surface area contributed by atoms with E-state index >= 15 is 0 Å². The SMILES string of the molecule is CCc1ccc(CNC(=O)c2nc3c(=O)n(Cc4cccc(Cl)c4)c4cc(C)ccc4n3n2)cc1. The molecule has 2 heterocycles. The number of halogens is 1. The fourth-order valence-electron chi connectivity index (χ4n) is 4.10. The number of rotatable bonds is 6. The van der Waals surface area contributed by atoms with Crippen molar-refractivity contribution in [3.05, 3.63) is 110 Å². The Morgan fingerprint density at radius 2 is 1.74 bits per heavy atom. The Kier molecular flexibility index (Phi) is 6.09. The lowest BCUT2D eigenvalue weighted by Crippen LogP contribution is -2.24. The maximum Gasteiger partial charge on any atom is 0.296 e. The molecule has 3 aromatic carbocycles.